The lowest BCUT2D eigenvalue weighted by Crippen LogP contribution is -2.38. The van der Waals surface area contributed by atoms with Gasteiger partial charge in [-0.15, -0.1) is 0 Å². The summed E-state index contributed by atoms with van der Waals surface area (Å²) in [7, 11) is -1.81. The van der Waals surface area contributed by atoms with Crippen molar-refractivity contribution in [2.24, 2.45) is 0 Å². The molecule has 1 aromatic rings. The maximum absolute atomic E-state index is 12.3. The van der Waals surface area contributed by atoms with E-state index in [0.717, 1.165) is 0 Å². The van der Waals surface area contributed by atoms with E-state index in [1.54, 1.807) is 25.4 Å². The number of hydrogen-bond donors (Lipinski definition) is 0. The molecule has 1 aliphatic rings. The first-order valence-electron chi connectivity index (χ1n) is 6.58. The molecular weight excluding hydrogens is 280 g/mol. The third kappa shape index (κ3) is 3.47. The number of rotatable bonds is 6. The van der Waals surface area contributed by atoms with Crippen LogP contribution in [0.5, 0.6) is 5.75 Å². The smallest absolute Gasteiger partial charge is 0.219 e. The van der Waals surface area contributed by atoms with Crippen molar-refractivity contribution < 1.29 is 17.9 Å². The van der Waals surface area contributed by atoms with Crippen LogP contribution in [0, 0.1) is 0 Å². The van der Waals surface area contributed by atoms with Crippen molar-refractivity contribution in [2.75, 3.05) is 26.8 Å². The second-order valence-corrected chi connectivity index (χ2v) is 7.24. The van der Waals surface area contributed by atoms with Gasteiger partial charge in [-0.1, -0.05) is 0 Å². The summed E-state index contributed by atoms with van der Waals surface area (Å²) >= 11 is 0. The van der Waals surface area contributed by atoms with Gasteiger partial charge in [-0.3, -0.25) is 4.98 Å². The Morgan fingerprint density at radius 3 is 3.00 bits per heavy atom. The van der Waals surface area contributed by atoms with Crippen LogP contribution in [-0.4, -0.2) is 55.9 Å². The third-order valence-corrected chi connectivity index (χ3v) is 5.52. The van der Waals surface area contributed by atoms with Crippen LogP contribution in [0.2, 0.25) is 0 Å². The molecule has 0 N–H and O–H groups in total. The molecule has 7 heteroatoms. The molecule has 1 aliphatic heterocycles. The molecule has 1 fully saturated rings. The van der Waals surface area contributed by atoms with Crippen LogP contribution >= 0.6 is 0 Å². The highest BCUT2D eigenvalue weighted by Crippen LogP contribution is 2.21. The van der Waals surface area contributed by atoms with E-state index in [0.29, 0.717) is 25.3 Å². The van der Waals surface area contributed by atoms with Gasteiger partial charge >= 0.3 is 0 Å². The largest absolute Gasteiger partial charge is 0.487 e. The van der Waals surface area contributed by atoms with Crippen LogP contribution in [0.1, 0.15) is 13.3 Å². The van der Waals surface area contributed by atoms with Crippen molar-refractivity contribution in [3.63, 3.8) is 0 Å². The molecular formula is C13H20N2O4S. The first-order valence-corrected chi connectivity index (χ1v) is 8.09. The molecule has 0 spiro atoms. The number of hydrogen-bond acceptors (Lipinski definition) is 5. The van der Waals surface area contributed by atoms with Gasteiger partial charge in [0.25, 0.3) is 0 Å². The van der Waals surface area contributed by atoms with Crippen molar-refractivity contribution in [3.8, 4) is 5.75 Å². The first-order chi connectivity index (χ1) is 9.54. The highest BCUT2D eigenvalue weighted by molar-refractivity contribution is 7.89. The monoisotopic (exact) mass is 300 g/mol. The van der Waals surface area contributed by atoms with E-state index in [9.17, 15) is 8.42 Å². The van der Waals surface area contributed by atoms with Gasteiger partial charge in [0.15, 0.2) is 0 Å². The van der Waals surface area contributed by atoms with E-state index in [1.165, 1.54) is 11.4 Å². The summed E-state index contributed by atoms with van der Waals surface area (Å²) in [6.07, 6.45) is 3.87. The Morgan fingerprint density at radius 2 is 2.35 bits per heavy atom. The first kappa shape index (κ1) is 15.2. The van der Waals surface area contributed by atoms with Gasteiger partial charge in [0.1, 0.15) is 11.9 Å². The Kier molecular flexibility index (Phi) is 4.95. The Hall–Kier alpha value is -1.18. The lowest BCUT2D eigenvalue weighted by molar-refractivity contribution is 0.196. The van der Waals surface area contributed by atoms with E-state index in [-0.39, 0.29) is 12.7 Å². The number of ether oxygens (including phenoxy) is 2. The van der Waals surface area contributed by atoms with Gasteiger partial charge in [-0.2, -0.15) is 4.31 Å². The van der Waals surface area contributed by atoms with Crippen molar-refractivity contribution in [1.29, 1.82) is 0 Å². The second kappa shape index (κ2) is 6.51. The molecule has 0 aromatic carbocycles. The van der Waals surface area contributed by atoms with Crippen molar-refractivity contribution in [1.82, 2.24) is 9.29 Å². The van der Waals surface area contributed by atoms with Gasteiger partial charge in [-0.25, -0.2) is 8.42 Å². The second-order valence-electron chi connectivity index (χ2n) is 4.89. The molecule has 0 unspecified atom stereocenters. The highest BCUT2D eigenvalue weighted by atomic mass is 32.2. The molecule has 1 aromatic heterocycles. The van der Waals surface area contributed by atoms with E-state index in [4.69, 9.17) is 9.47 Å². The minimum absolute atomic E-state index is 0.122. The lowest BCUT2D eigenvalue weighted by atomic mass is 10.3. The van der Waals surface area contributed by atoms with Crippen LogP contribution < -0.4 is 4.74 Å². The van der Waals surface area contributed by atoms with Crippen LogP contribution in [0.4, 0.5) is 0 Å². The fourth-order valence-electron chi connectivity index (χ4n) is 2.21. The van der Waals surface area contributed by atoms with Gasteiger partial charge in [-0.05, 0) is 25.5 Å². The minimum atomic E-state index is -3.31. The van der Waals surface area contributed by atoms with E-state index in [1.807, 2.05) is 6.07 Å². The Balaban J connectivity index is 1.95. The molecule has 0 saturated carbocycles. The summed E-state index contributed by atoms with van der Waals surface area (Å²) in [6.45, 7) is 2.73. The predicted octanol–water partition coefficient (Wildman–Crippen LogP) is 0.899. The van der Waals surface area contributed by atoms with Crippen LogP contribution in [0.25, 0.3) is 0 Å². The number of methoxy groups -OCH3 is 1. The molecule has 6 nitrogen and oxygen atoms in total. The van der Waals surface area contributed by atoms with E-state index in [2.05, 4.69) is 4.98 Å². The van der Waals surface area contributed by atoms with Crippen LogP contribution in [0.15, 0.2) is 24.5 Å². The summed E-state index contributed by atoms with van der Waals surface area (Å²) in [4.78, 5) is 3.97. The number of pyridine rings is 1. The maximum atomic E-state index is 12.3. The van der Waals surface area contributed by atoms with Gasteiger partial charge in [0.05, 0.1) is 24.6 Å². The van der Waals surface area contributed by atoms with E-state index < -0.39 is 15.3 Å². The molecule has 2 rings (SSSR count). The molecule has 1 saturated heterocycles. The Labute approximate surface area is 119 Å². The number of sulfonamides is 1. The lowest BCUT2D eigenvalue weighted by Gasteiger charge is -2.21. The quantitative estimate of drug-likeness (QED) is 0.781. The van der Waals surface area contributed by atoms with Gasteiger partial charge in [0, 0.05) is 19.9 Å². The van der Waals surface area contributed by atoms with Crippen molar-refractivity contribution in [3.05, 3.63) is 24.5 Å². The molecule has 0 aliphatic carbocycles. The van der Waals surface area contributed by atoms with E-state index >= 15 is 0 Å². The maximum Gasteiger partial charge on any atom is 0.219 e. The zero-order valence-electron chi connectivity index (χ0n) is 11.7. The molecule has 0 amide bonds. The fourth-order valence-corrected chi connectivity index (χ4v) is 3.76. The standard InChI is InChI=1S/C13H20N2O4S/c1-11(10-18-2)20(16,17)15-7-5-13(9-15)19-12-4-3-6-14-8-12/h3-4,6,8,11,13H,5,7,9-10H2,1-2H3/t11-,13+/m1/s1. The third-order valence-electron chi connectivity index (χ3n) is 3.31. The molecule has 112 valence electrons. The Morgan fingerprint density at radius 1 is 1.55 bits per heavy atom. The molecule has 0 radical (unpaired) electrons. The van der Waals surface area contributed by atoms with Crippen molar-refractivity contribution in [2.45, 2.75) is 24.7 Å². The average Bonchev–Trinajstić information content (AvgIpc) is 2.89. The normalized spacial score (nSPS) is 21.8. The number of aromatic nitrogens is 1. The van der Waals surface area contributed by atoms with Gasteiger partial charge in [0.2, 0.25) is 10.0 Å². The fraction of sp³-hybridized carbons (Fsp3) is 0.615. The summed E-state index contributed by atoms with van der Waals surface area (Å²) in [6, 6.07) is 3.61. The number of nitrogens with zero attached hydrogens (tertiary/aromatic N) is 2. The molecule has 2 atom stereocenters. The van der Waals surface area contributed by atoms with Crippen molar-refractivity contribution >= 4 is 10.0 Å². The summed E-state index contributed by atoms with van der Waals surface area (Å²) in [5.41, 5.74) is 0. The molecule has 2 heterocycles. The zero-order valence-corrected chi connectivity index (χ0v) is 12.5. The molecule has 20 heavy (non-hydrogen) atoms. The Bertz CT molecular complexity index is 520. The summed E-state index contributed by atoms with van der Waals surface area (Å²) < 4.78 is 36.7. The topological polar surface area (TPSA) is 68.7 Å². The van der Waals surface area contributed by atoms with Crippen LogP contribution in [0.3, 0.4) is 0 Å². The summed E-state index contributed by atoms with van der Waals surface area (Å²) in [5.74, 6) is 0.668. The highest BCUT2D eigenvalue weighted by Gasteiger charge is 2.35. The average molecular weight is 300 g/mol. The minimum Gasteiger partial charge on any atom is -0.487 e. The van der Waals surface area contributed by atoms with Gasteiger partial charge < -0.3 is 9.47 Å². The molecule has 0 bridgehead atoms. The predicted molar refractivity (Wildman–Crippen MR) is 75.1 cm³/mol. The van der Waals surface area contributed by atoms with Crippen LogP contribution in [-0.2, 0) is 14.8 Å². The SMILES string of the molecule is COC[C@@H](C)S(=O)(=O)N1CC[C@H](Oc2cccnc2)C1. The summed E-state index contributed by atoms with van der Waals surface area (Å²) in [5, 5.41) is -0.537. The zero-order chi connectivity index (χ0) is 14.6.